The van der Waals surface area contributed by atoms with E-state index in [9.17, 15) is 18.0 Å². The fourth-order valence-electron chi connectivity index (χ4n) is 1.61. The molecule has 0 aliphatic heterocycles. The Bertz CT molecular complexity index is 461. The van der Waals surface area contributed by atoms with E-state index < -0.39 is 43.0 Å². The summed E-state index contributed by atoms with van der Waals surface area (Å²) in [6.45, 7) is -2.00. The molecule has 0 fully saturated rings. The standard InChI is InChI=1S/C13H16F3NO4/c14-13(15,16)10-3-1-9(2-4-10)5-11(21)17-12(6-18,7-19)8-20/h1-4,18-20H,5-8H2,(H,17,21). The normalized spacial score (nSPS) is 12.3. The van der Waals surface area contributed by atoms with Gasteiger partial charge in [0.05, 0.1) is 31.8 Å². The van der Waals surface area contributed by atoms with Gasteiger partial charge in [-0.05, 0) is 17.7 Å². The van der Waals surface area contributed by atoms with E-state index in [2.05, 4.69) is 5.32 Å². The first kappa shape index (κ1) is 17.4. The van der Waals surface area contributed by atoms with Crippen molar-refractivity contribution in [1.29, 1.82) is 0 Å². The average molecular weight is 307 g/mol. The summed E-state index contributed by atoms with van der Waals surface area (Å²) in [6.07, 6.45) is -4.68. The number of aliphatic hydroxyl groups is 3. The van der Waals surface area contributed by atoms with Crippen molar-refractivity contribution in [3.63, 3.8) is 0 Å². The van der Waals surface area contributed by atoms with Crippen LogP contribution in [-0.4, -0.2) is 46.6 Å². The minimum absolute atomic E-state index is 0.236. The molecule has 0 aliphatic carbocycles. The van der Waals surface area contributed by atoms with Crippen LogP contribution in [0.15, 0.2) is 24.3 Å². The van der Waals surface area contributed by atoms with Crippen LogP contribution in [0.4, 0.5) is 13.2 Å². The number of halogens is 3. The molecule has 0 atom stereocenters. The van der Waals surface area contributed by atoms with Gasteiger partial charge in [0.25, 0.3) is 0 Å². The fraction of sp³-hybridized carbons (Fsp3) is 0.462. The second kappa shape index (κ2) is 6.88. The van der Waals surface area contributed by atoms with Crippen LogP contribution in [0.3, 0.4) is 0 Å². The maximum atomic E-state index is 12.4. The molecule has 1 amide bonds. The molecule has 0 radical (unpaired) electrons. The van der Waals surface area contributed by atoms with E-state index in [0.717, 1.165) is 12.1 Å². The van der Waals surface area contributed by atoms with Crippen LogP contribution in [0, 0.1) is 0 Å². The Balaban J connectivity index is 2.71. The van der Waals surface area contributed by atoms with Gasteiger partial charge in [-0.25, -0.2) is 0 Å². The third-order valence-electron chi connectivity index (χ3n) is 2.96. The van der Waals surface area contributed by atoms with Gasteiger partial charge in [0.15, 0.2) is 0 Å². The quantitative estimate of drug-likeness (QED) is 0.599. The number of hydrogen-bond donors (Lipinski definition) is 4. The van der Waals surface area contributed by atoms with Crippen LogP contribution in [0.25, 0.3) is 0 Å². The molecule has 118 valence electrons. The Labute approximate surface area is 119 Å². The number of carbonyl (C=O) groups excluding carboxylic acids is 1. The van der Waals surface area contributed by atoms with Crippen molar-refractivity contribution < 1.29 is 33.3 Å². The second-order valence-corrected chi connectivity index (χ2v) is 4.67. The molecule has 0 bridgehead atoms. The Kier molecular flexibility index (Phi) is 5.70. The molecule has 0 saturated heterocycles. The van der Waals surface area contributed by atoms with Crippen LogP contribution < -0.4 is 5.32 Å². The van der Waals surface area contributed by atoms with Crippen molar-refractivity contribution in [2.45, 2.75) is 18.1 Å². The number of amides is 1. The van der Waals surface area contributed by atoms with Crippen LogP contribution in [0.2, 0.25) is 0 Å². The minimum atomic E-state index is -4.44. The van der Waals surface area contributed by atoms with E-state index in [1.54, 1.807) is 0 Å². The lowest BCUT2D eigenvalue weighted by Crippen LogP contribution is -2.57. The highest BCUT2D eigenvalue weighted by molar-refractivity contribution is 5.79. The van der Waals surface area contributed by atoms with Crippen molar-refractivity contribution in [2.24, 2.45) is 0 Å². The van der Waals surface area contributed by atoms with Crippen LogP contribution >= 0.6 is 0 Å². The highest BCUT2D eigenvalue weighted by atomic mass is 19.4. The van der Waals surface area contributed by atoms with Gasteiger partial charge in [-0.2, -0.15) is 13.2 Å². The summed E-state index contributed by atoms with van der Waals surface area (Å²) in [7, 11) is 0. The summed E-state index contributed by atoms with van der Waals surface area (Å²) >= 11 is 0. The van der Waals surface area contributed by atoms with Crippen molar-refractivity contribution >= 4 is 5.91 Å². The van der Waals surface area contributed by atoms with Crippen LogP contribution in [0.5, 0.6) is 0 Å². The molecule has 0 saturated carbocycles. The van der Waals surface area contributed by atoms with Gasteiger partial charge >= 0.3 is 6.18 Å². The van der Waals surface area contributed by atoms with Crippen LogP contribution in [-0.2, 0) is 17.4 Å². The fourth-order valence-corrected chi connectivity index (χ4v) is 1.61. The Hall–Kier alpha value is -1.64. The molecular weight excluding hydrogens is 291 g/mol. The summed E-state index contributed by atoms with van der Waals surface area (Å²) in [5.41, 5.74) is -2.03. The molecule has 0 heterocycles. The number of rotatable bonds is 6. The maximum Gasteiger partial charge on any atom is 0.416 e. The van der Waals surface area contributed by atoms with Gasteiger partial charge in [0.1, 0.15) is 5.54 Å². The summed E-state index contributed by atoms with van der Waals surface area (Å²) in [5, 5.41) is 29.4. The predicted molar refractivity (Wildman–Crippen MR) is 67.3 cm³/mol. The number of alkyl halides is 3. The summed E-state index contributed by atoms with van der Waals surface area (Å²) in [4.78, 5) is 11.7. The average Bonchev–Trinajstić information content (AvgIpc) is 2.44. The maximum absolute atomic E-state index is 12.4. The molecule has 0 aromatic heterocycles. The summed E-state index contributed by atoms with van der Waals surface area (Å²) < 4.78 is 37.1. The second-order valence-electron chi connectivity index (χ2n) is 4.67. The van der Waals surface area contributed by atoms with E-state index in [-0.39, 0.29) is 6.42 Å². The lowest BCUT2D eigenvalue weighted by Gasteiger charge is -2.28. The number of hydrogen-bond acceptors (Lipinski definition) is 4. The highest BCUT2D eigenvalue weighted by Gasteiger charge is 2.31. The molecule has 0 unspecified atom stereocenters. The molecule has 1 rings (SSSR count). The SMILES string of the molecule is O=C(Cc1ccc(C(F)(F)F)cc1)NC(CO)(CO)CO. The number of carbonyl (C=O) groups is 1. The molecule has 1 aromatic carbocycles. The third-order valence-corrected chi connectivity index (χ3v) is 2.96. The van der Waals surface area contributed by atoms with E-state index in [4.69, 9.17) is 15.3 Å². The zero-order valence-electron chi connectivity index (χ0n) is 11.0. The van der Waals surface area contributed by atoms with Gasteiger partial charge in [-0.15, -0.1) is 0 Å². The molecule has 0 spiro atoms. The van der Waals surface area contributed by atoms with Crippen molar-refractivity contribution in [2.75, 3.05) is 19.8 Å². The molecule has 1 aromatic rings. The van der Waals surface area contributed by atoms with Gasteiger partial charge in [-0.3, -0.25) is 4.79 Å². The lowest BCUT2D eigenvalue weighted by atomic mass is 10.0. The number of nitrogens with one attached hydrogen (secondary N) is 1. The zero-order valence-corrected chi connectivity index (χ0v) is 11.0. The monoisotopic (exact) mass is 307 g/mol. The lowest BCUT2D eigenvalue weighted by molar-refractivity contribution is -0.137. The topological polar surface area (TPSA) is 89.8 Å². The highest BCUT2D eigenvalue weighted by Crippen LogP contribution is 2.29. The largest absolute Gasteiger partial charge is 0.416 e. The molecule has 8 heteroatoms. The summed E-state index contributed by atoms with van der Waals surface area (Å²) in [5.74, 6) is -0.632. The number of benzene rings is 1. The van der Waals surface area contributed by atoms with E-state index in [1.165, 1.54) is 12.1 Å². The van der Waals surface area contributed by atoms with Gasteiger partial charge < -0.3 is 20.6 Å². The molecule has 5 nitrogen and oxygen atoms in total. The first-order chi connectivity index (χ1) is 9.76. The molecule has 21 heavy (non-hydrogen) atoms. The van der Waals surface area contributed by atoms with E-state index in [1.807, 2.05) is 0 Å². The van der Waals surface area contributed by atoms with Gasteiger partial charge in [0, 0.05) is 0 Å². The Morgan fingerprint density at radius 3 is 1.86 bits per heavy atom. The third kappa shape index (κ3) is 4.69. The molecule has 0 aliphatic rings. The van der Waals surface area contributed by atoms with Gasteiger partial charge in [0.2, 0.25) is 5.91 Å². The predicted octanol–water partition coefficient (Wildman–Crippen LogP) is 0.0798. The van der Waals surface area contributed by atoms with Gasteiger partial charge in [-0.1, -0.05) is 12.1 Å². The molecular formula is C13H16F3NO4. The van der Waals surface area contributed by atoms with E-state index >= 15 is 0 Å². The smallest absolute Gasteiger partial charge is 0.394 e. The number of aliphatic hydroxyl groups excluding tert-OH is 3. The van der Waals surface area contributed by atoms with E-state index in [0.29, 0.717) is 5.56 Å². The zero-order chi connectivity index (χ0) is 16.1. The summed E-state index contributed by atoms with van der Waals surface area (Å²) in [6, 6.07) is 4.06. The first-order valence-electron chi connectivity index (χ1n) is 6.06. The van der Waals surface area contributed by atoms with Crippen LogP contribution in [0.1, 0.15) is 11.1 Å². The Morgan fingerprint density at radius 1 is 1.00 bits per heavy atom. The first-order valence-corrected chi connectivity index (χ1v) is 6.06. The minimum Gasteiger partial charge on any atom is -0.394 e. The molecule has 4 N–H and O–H groups in total. The van der Waals surface area contributed by atoms with Crippen molar-refractivity contribution in [1.82, 2.24) is 5.32 Å². The van der Waals surface area contributed by atoms with Crippen molar-refractivity contribution in [3.05, 3.63) is 35.4 Å². The van der Waals surface area contributed by atoms with Crippen molar-refractivity contribution in [3.8, 4) is 0 Å². The Morgan fingerprint density at radius 2 is 1.48 bits per heavy atom.